The van der Waals surface area contributed by atoms with E-state index >= 15 is 0 Å². The third-order valence-corrected chi connectivity index (χ3v) is 3.35. The lowest BCUT2D eigenvalue weighted by Crippen LogP contribution is -2.24. The van der Waals surface area contributed by atoms with Crippen LogP contribution in [0.3, 0.4) is 0 Å². The molecule has 0 radical (unpaired) electrons. The first-order valence-electron chi connectivity index (χ1n) is 6.49. The molecule has 0 spiro atoms. The highest BCUT2D eigenvalue weighted by atomic mass is 32.1. The number of azo groups is 1. The number of nitrogens with zero attached hydrogens (tertiary/aromatic N) is 5. The summed E-state index contributed by atoms with van der Waals surface area (Å²) < 4.78 is 3.07. The van der Waals surface area contributed by atoms with Crippen molar-refractivity contribution in [1.82, 2.24) is 14.1 Å². The fourth-order valence-corrected chi connectivity index (χ4v) is 2.27. The summed E-state index contributed by atoms with van der Waals surface area (Å²) in [5.41, 5.74) is -0.609. The van der Waals surface area contributed by atoms with Crippen molar-refractivity contribution < 1.29 is 5.11 Å². The quantitative estimate of drug-likeness (QED) is 0.695. The van der Waals surface area contributed by atoms with Crippen molar-refractivity contribution in [1.29, 1.82) is 0 Å². The van der Waals surface area contributed by atoms with Gasteiger partial charge in [-0.15, -0.1) is 10.2 Å². The van der Waals surface area contributed by atoms with Crippen molar-refractivity contribution >= 4 is 23.7 Å². The SMILES string of the molecule is CCn1c(O)c(N=Nc2ccccn2)c(=O)n(CC)c1=S. The molecule has 0 fully saturated rings. The second-order valence-corrected chi connectivity index (χ2v) is 4.50. The molecule has 2 heterocycles. The number of hydrogen-bond donors (Lipinski definition) is 1. The molecule has 0 aromatic carbocycles. The van der Waals surface area contributed by atoms with Gasteiger partial charge in [-0.1, -0.05) is 6.07 Å². The monoisotopic (exact) mass is 305 g/mol. The highest BCUT2D eigenvalue weighted by Gasteiger charge is 2.15. The van der Waals surface area contributed by atoms with Crippen LogP contribution >= 0.6 is 12.2 Å². The van der Waals surface area contributed by atoms with Gasteiger partial charge in [0.15, 0.2) is 10.6 Å². The van der Waals surface area contributed by atoms with Crippen molar-refractivity contribution in [3.63, 3.8) is 0 Å². The molecule has 110 valence electrons. The Morgan fingerprint density at radius 2 is 1.95 bits per heavy atom. The minimum atomic E-state index is -0.468. The number of pyridine rings is 1. The van der Waals surface area contributed by atoms with Crippen LogP contribution in [0.2, 0.25) is 0 Å². The van der Waals surface area contributed by atoms with E-state index < -0.39 is 5.56 Å². The molecule has 0 aliphatic carbocycles. The van der Waals surface area contributed by atoms with Gasteiger partial charge in [-0.05, 0) is 38.2 Å². The topological polar surface area (TPSA) is 84.8 Å². The van der Waals surface area contributed by atoms with Crippen molar-refractivity contribution in [3.05, 3.63) is 39.5 Å². The number of aromatic nitrogens is 3. The van der Waals surface area contributed by atoms with Crippen molar-refractivity contribution in [2.45, 2.75) is 26.9 Å². The van der Waals surface area contributed by atoms with Crippen LogP contribution in [0.15, 0.2) is 39.4 Å². The molecule has 0 saturated carbocycles. The zero-order chi connectivity index (χ0) is 15.4. The summed E-state index contributed by atoms with van der Waals surface area (Å²) in [7, 11) is 0. The molecular weight excluding hydrogens is 290 g/mol. The minimum Gasteiger partial charge on any atom is -0.493 e. The average molecular weight is 305 g/mol. The molecule has 7 nitrogen and oxygen atoms in total. The highest BCUT2D eigenvalue weighted by Crippen LogP contribution is 2.24. The van der Waals surface area contributed by atoms with Gasteiger partial charge in [-0.3, -0.25) is 13.9 Å². The van der Waals surface area contributed by atoms with E-state index in [1.54, 1.807) is 31.3 Å². The van der Waals surface area contributed by atoms with E-state index in [9.17, 15) is 9.90 Å². The summed E-state index contributed by atoms with van der Waals surface area (Å²) >= 11 is 5.18. The van der Waals surface area contributed by atoms with Crippen LogP contribution in [0.25, 0.3) is 0 Å². The van der Waals surface area contributed by atoms with Gasteiger partial charge < -0.3 is 5.11 Å². The molecule has 0 aliphatic heterocycles. The number of hydrogen-bond acceptors (Lipinski definition) is 6. The first-order chi connectivity index (χ1) is 10.1. The zero-order valence-corrected chi connectivity index (χ0v) is 12.5. The molecular formula is C13H15N5O2S. The Labute approximate surface area is 126 Å². The first-order valence-corrected chi connectivity index (χ1v) is 6.90. The van der Waals surface area contributed by atoms with E-state index in [4.69, 9.17) is 12.2 Å². The van der Waals surface area contributed by atoms with Crippen molar-refractivity contribution in [2.24, 2.45) is 10.2 Å². The summed E-state index contributed by atoms with van der Waals surface area (Å²) in [5.74, 6) is 0.0710. The molecule has 8 heteroatoms. The molecule has 0 saturated heterocycles. The summed E-state index contributed by atoms with van der Waals surface area (Å²) in [5, 5.41) is 17.9. The predicted molar refractivity (Wildman–Crippen MR) is 81.0 cm³/mol. The summed E-state index contributed by atoms with van der Waals surface area (Å²) in [4.78, 5) is 16.3. The predicted octanol–water partition coefficient (Wildman–Crippen LogP) is 2.94. The minimum absolute atomic E-state index is 0.141. The maximum absolute atomic E-state index is 12.3. The van der Waals surface area contributed by atoms with Crippen molar-refractivity contribution in [2.75, 3.05) is 0 Å². The van der Waals surface area contributed by atoms with E-state index in [-0.39, 0.29) is 16.3 Å². The van der Waals surface area contributed by atoms with E-state index in [0.29, 0.717) is 18.9 Å². The molecule has 0 atom stereocenters. The Bertz CT molecular complexity index is 780. The molecule has 0 bridgehead atoms. The lowest BCUT2D eigenvalue weighted by molar-refractivity contribution is 0.402. The van der Waals surface area contributed by atoms with Crippen LogP contribution in [-0.4, -0.2) is 19.2 Å². The molecule has 2 aromatic rings. The van der Waals surface area contributed by atoms with Crippen LogP contribution in [0.4, 0.5) is 11.5 Å². The summed E-state index contributed by atoms with van der Waals surface area (Å²) in [6.07, 6.45) is 1.57. The largest absolute Gasteiger partial charge is 0.493 e. The van der Waals surface area contributed by atoms with Gasteiger partial charge in [-0.25, -0.2) is 4.98 Å². The van der Waals surface area contributed by atoms with Gasteiger partial charge in [-0.2, -0.15) is 0 Å². The Kier molecular flexibility index (Phi) is 4.59. The summed E-state index contributed by atoms with van der Waals surface area (Å²) in [6, 6.07) is 5.15. The van der Waals surface area contributed by atoms with Gasteiger partial charge in [0, 0.05) is 19.3 Å². The smallest absolute Gasteiger partial charge is 0.286 e. The molecule has 2 aromatic heterocycles. The van der Waals surface area contributed by atoms with Crippen molar-refractivity contribution in [3.8, 4) is 5.88 Å². The molecule has 21 heavy (non-hydrogen) atoms. The normalized spacial score (nSPS) is 11.1. The third-order valence-electron chi connectivity index (χ3n) is 2.91. The fourth-order valence-electron chi connectivity index (χ4n) is 1.84. The Balaban J connectivity index is 2.61. The zero-order valence-electron chi connectivity index (χ0n) is 11.7. The average Bonchev–Trinajstić information content (AvgIpc) is 2.49. The number of rotatable bonds is 4. The Morgan fingerprint density at radius 3 is 2.52 bits per heavy atom. The second-order valence-electron chi connectivity index (χ2n) is 4.14. The van der Waals surface area contributed by atoms with E-state index in [1.165, 1.54) is 9.13 Å². The maximum Gasteiger partial charge on any atom is 0.286 e. The van der Waals surface area contributed by atoms with Gasteiger partial charge in [0.1, 0.15) is 0 Å². The van der Waals surface area contributed by atoms with E-state index in [2.05, 4.69) is 15.2 Å². The Hall–Kier alpha value is -2.35. The number of aromatic hydroxyl groups is 1. The van der Waals surface area contributed by atoms with E-state index in [0.717, 1.165) is 0 Å². The highest BCUT2D eigenvalue weighted by molar-refractivity contribution is 7.71. The molecule has 0 unspecified atom stereocenters. The van der Waals surface area contributed by atoms with E-state index in [1.807, 2.05) is 6.92 Å². The first kappa shape index (κ1) is 15.0. The molecule has 0 amide bonds. The molecule has 1 N–H and O–H groups in total. The van der Waals surface area contributed by atoms with Gasteiger partial charge in [0.05, 0.1) is 0 Å². The van der Waals surface area contributed by atoms with Crippen LogP contribution in [0, 0.1) is 4.77 Å². The van der Waals surface area contributed by atoms with Gasteiger partial charge in [0.2, 0.25) is 11.6 Å². The van der Waals surface area contributed by atoms with Gasteiger partial charge in [0.25, 0.3) is 5.56 Å². The fraction of sp³-hybridized carbons (Fsp3) is 0.308. The lowest BCUT2D eigenvalue weighted by Gasteiger charge is -2.12. The van der Waals surface area contributed by atoms with Crippen LogP contribution in [-0.2, 0) is 13.1 Å². The Morgan fingerprint density at radius 1 is 1.24 bits per heavy atom. The van der Waals surface area contributed by atoms with Gasteiger partial charge >= 0.3 is 0 Å². The lowest BCUT2D eigenvalue weighted by atomic mass is 10.4. The third kappa shape index (κ3) is 2.89. The van der Waals surface area contributed by atoms with Crippen LogP contribution < -0.4 is 5.56 Å². The second kappa shape index (κ2) is 6.40. The molecule has 0 aliphatic rings. The molecule has 2 rings (SSSR count). The van der Waals surface area contributed by atoms with Crippen LogP contribution in [0.1, 0.15) is 13.8 Å². The maximum atomic E-state index is 12.3. The van der Waals surface area contributed by atoms with Crippen LogP contribution in [0.5, 0.6) is 5.88 Å². The summed E-state index contributed by atoms with van der Waals surface area (Å²) in [6.45, 7) is 4.44. The standard InChI is InChI=1S/C13H15N5O2S/c1-3-17-11(19)10(12(20)18(4-2)13(17)21)16-15-9-7-5-6-8-14-9/h5-8,19H,3-4H2,1-2H3.